The Bertz CT molecular complexity index is 578. The molecule has 0 unspecified atom stereocenters. The van der Waals surface area contributed by atoms with Crippen LogP contribution in [-0.2, 0) is 4.79 Å². The summed E-state index contributed by atoms with van der Waals surface area (Å²) in [5, 5.41) is 5.20. The SMILES string of the molecule is CCN(C[C@H]1COc2ccccc2O1)C(=O)[C@H]1CNC(=O)N1. The fourth-order valence-corrected chi connectivity index (χ4v) is 2.60. The van der Waals surface area contributed by atoms with Crippen LogP contribution in [0.5, 0.6) is 11.5 Å². The zero-order valence-electron chi connectivity index (χ0n) is 12.4. The van der Waals surface area contributed by atoms with E-state index < -0.39 is 6.04 Å². The first-order valence-corrected chi connectivity index (χ1v) is 7.39. The van der Waals surface area contributed by atoms with Crippen molar-refractivity contribution in [2.75, 3.05) is 26.2 Å². The van der Waals surface area contributed by atoms with Gasteiger partial charge in [-0.2, -0.15) is 0 Å². The van der Waals surface area contributed by atoms with Crippen LogP contribution in [0.1, 0.15) is 6.92 Å². The van der Waals surface area contributed by atoms with Gasteiger partial charge < -0.3 is 25.0 Å². The number of benzene rings is 1. The number of ether oxygens (including phenoxy) is 2. The van der Waals surface area contributed by atoms with Crippen LogP contribution < -0.4 is 20.1 Å². The van der Waals surface area contributed by atoms with Gasteiger partial charge in [-0.05, 0) is 19.1 Å². The lowest BCUT2D eigenvalue weighted by Gasteiger charge is -2.31. The Morgan fingerprint density at radius 2 is 2.14 bits per heavy atom. The number of likely N-dealkylation sites (N-methyl/N-ethyl adjacent to an activating group) is 1. The van der Waals surface area contributed by atoms with Crippen LogP contribution in [0.4, 0.5) is 4.79 Å². The zero-order valence-corrected chi connectivity index (χ0v) is 12.4. The van der Waals surface area contributed by atoms with E-state index >= 15 is 0 Å². The number of carbonyl (C=O) groups is 2. The second kappa shape index (κ2) is 6.13. The van der Waals surface area contributed by atoms with Gasteiger partial charge in [0.2, 0.25) is 5.91 Å². The molecule has 118 valence electrons. The summed E-state index contributed by atoms with van der Waals surface area (Å²) in [5.74, 6) is 1.31. The molecule has 0 bridgehead atoms. The van der Waals surface area contributed by atoms with E-state index in [1.807, 2.05) is 31.2 Å². The van der Waals surface area contributed by atoms with Crippen LogP contribution in [0.25, 0.3) is 0 Å². The molecule has 3 rings (SSSR count). The lowest BCUT2D eigenvalue weighted by atomic mass is 10.2. The first-order chi connectivity index (χ1) is 10.7. The molecule has 0 saturated carbocycles. The van der Waals surface area contributed by atoms with Gasteiger partial charge in [-0.25, -0.2) is 4.79 Å². The predicted molar refractivity (Wildman–Crippen MR) is 78.9 cm³/mol. The molecule has 2 aliphatic rings. The van der Waals surface area contributed by atoms with E-state index in [0.29, 0.717) is 32.0 Å². The molecule has 1 aromatic carbocycles. The van der Waals surface area contributed by atoms with E-state index in [2.05, 4.69) is 10.6 Å². The van der Waals surface area contributed by atoms with Crippen molar-refractivity contribution in [1.82, 2.24) is 15.5 Å². The summed E-state index contributed by atoms with van der Waals surface area (Å²) in [6.07, 6.45) is -0.219. The molecule has 0 aliphatic carbocycles. The highest BCUT2D eigenvalue weighted by Crippen LogP contribution is 2.31. The van der Waals surface area contributed by atoms with Gasteiger partial charge in [-0.15, -0.1) is 0 Å². The summed E-state index contributed by atoms with van der Waals surface area (Å²) in [5.41, 5.74) is 0. The maximum atomic E-state index is 12.4. The van der Waals surface area contributed by atoms with E-state index in [-0.39, 0.29) is 18.0 Å². The standard InChI is InChI=1S/C15H19N3O4/c1-2-18(14(19)11-7-16-15(20)17-11)8-10-9-21-12-5-3-4-6-13(12)22-10/h3-6,10-11H,2,7-9H2,1H3,(H2,16,17,20)/t10-,11+/m0/s1. The fraction of sp³-hybridized carbons (Fsp3) is 0.467. The molecule has 0 spiro atoms. The minimum atomic E-state index is -0.510. The van der Waals surface area contributed by atoms with Crippen molar-refractivity contribution in [2.45, 2.75) is 19.1 Å². The zero-order chi connectivity index (χ0) is 15.5. The average molecular weight is 305 g/mol. The topological polar surface area (TPSA) is 79.9 Å². The van der Waals surface area contributed by atoms with E-state index in [9.17, 15) is 9.59 Å². The minimum Gasteiger partial charge on any atom is -0.486 e. The van der Waals surface area contributed by atoms with Crippen molar-refractivity contribution in [3.63, 3.8) is 0 Å². The van der Waals surface area contributed by atoms with Gasteiger partial charge >= 0.3 is 6.03 Å². The van der Waals surface area contributed by atoms with Gasteiger partial charge in [0.05, 0.1) is 6.54 Å². The number of rotatable bonds is 4. The molecule has 7 nitrogen and oxygen atoms in total. The van der Waals surface area contributed by atoms with Crippen LogP contribution in [0.3, 0.4) is 0 Å². The van der Waals surface area contributed by atoms with Crippen LogP contribution in [0.2, 0.25) is 0 Å². The molecule has 0 aromatic heterocycles. The summed E-state index contributed by atoms with van der Waals surface area (Å²) < 4.78 is 11.5. The van der Waals surface area contributed by atoms with E-state index in [4.69, 9.17) is 9.47 Å². The van der Waals surface area contributed by atoms with E-state index in [1.165, 1.54) is 0 Å². The third-order valence-corrected chi connectivity index (χ3v) is 3.76. The molecule has 3 amide bonds. The molecule has 7 heteroatoms. The normalized spacial score (nSPS) is 22.7. The highest BCUT2D eigenvalue weighted by atomic mass is 16.6. The third kappa shape index (κ3) is 2.93. The molecule has 2 aliphatic heterocycles. The van der Waals surface area contributed by atoms with Gasteiger partial charge in [0.15, 0.2) is 17.6 Å². The summed E-state index contributed by atoms with van der Waals surface area (Å²) in [6.45, 7) is 3.59. The van der Waals surface area contributed by atoms with Gasteiger partial charge in [-0.1, -0.05) is 12.1 Å². The molecule has 1 fully saturated rings. The van der Waals surface area contributed by atoms with Gasteiger partial charge in [0.1, 0.15) is 12.6 Å². The maximum Gasteiger partial charge on any atom is 0.315 e. The Balaban J connectivity index is 1.61. The fourth-order valence-electron chi connectivity index (χ4n) is 2.60. The maximum absolute atomic E-state index is 12.4. The van der Waals surface area contributed by atoms with Crippen molar-refractivity contribution in [3.8, 4) is 11.5 Å². The van der Waals surface area contributed by atoms with E-state index in [0.717, 1.165) is 5.75 Å². The Hall–Kier alpha value is -2.44. The lowest BCUT2D eigenvalue weighted by Crippen LogP contribution is -2.50. The van der Waals surface area contributed by atoms with Crippen LogP contribution in [-0.4, -0.2) is 55.2 Å². The van der Waals surface area contributed by atoms with Gasteiger partial charge in [0.25, 0.3) is 0 Å². The number of hydrogen-bond donors (Lipinski definition) is 2. The number of amides is 3. The molecule has 2 N–H and O–H groups in total. The summed E-state index contributed by atoms with van der Waals surface area (Å²) in [4.78, 5) is 25.3. The van der Waals surface area contributed by atoms with Gasteiger partial charge in [-0.3, -0.25) is 4.79 Å². The summed E-state index contributed by atoms with van der Waals surface area (Å²) in [6, 6.07) is 6.66. The third-order valence-electron chi connectivity index (χ3n) is 3.76. The summed E-state index contributed by atoms with van der Waals surface area (Å²) >= 11 is 0. The van der Waals surface area contributed by atoms with E-state index in [1.54, 1.807) is 4.90 Å². The number of hydrogen-bond acceptors (Lipinski definition) is 4. The Morgan fingerprint density at radius 3 is 2.82 bits per heavy atom. The second-order valence-corrected chi connectivity index (χ2v) is 5.28. The van der Waals surface area contributed by atoms with Crippen molar-refractivity contribution < 1.29 is 19.1 Å². The molecule has 2 heterocycles. The van der Waals surface area contributed by atoms with Crippen LogP contribution >= 0.6 is 0 Å². The number of para-hydroxylation sites is 2. The summed E-state index contributed by atoms with van der Waals surface area (Å²) in [7, 11) is 0. The lowest BCUT2D eigenvalue weighted by molar-refractivity contribution is -0.134. The second-order valence-electron chi connectivity index (χ2n) is 5.28. The highest BCUT2D eigenvalue weighted by Gasteiger charge is 2.32. The Labute approximate surface area is 128 Å². The van der Waals surface area contributed by atoms with Crippen molar-refractivity contribution >= 4 is 11.9 Å². The van der Waals surface area contributed by atoms with Crippen LogP contribution in [0, 0.1) is 0 Å². The first-order valence-electron chi connectivity index (χ1n) is 7.39. The van der Waals surface area contributed by atoms with Gasteiger partial charge in [0, 0.05) is 13.1 Å². The average Bonchev–Trinajstić information content (AvgIpc) is 2.98. The number of urea groups is 1. The van der Waals surface area contributed by atoms with Crippen LogP contribution in [0.15, 0.2) is 24.3 Å². The molecule has 0 radical (unpaired) electrons. The number of carbonyl (C=O) groups excluding carboxylic acids is 2. The molecule has 22 heavy (non-hydrogen) atoms. The smallest absolute Gasteiger partial charge is 0.315 e. The Morgan fingerprint density at radius 1 is 1.36 bits per heavy atom. The number of fused-ring (bicyclic) bond motifs is 1. The number of nitrogens with one attached hydrogen (secondary N) is 2. The number of nitrogens with zero attached hydrogens (tertiary/aromatic N) is 1. The molecule has 1 saturated heterocycles. The molecule has 2 atom stereocenters. The van der Waals surface area contributed by atoms with Crippen molar-refractivity contribution in [3.05, 3.63) is 24.3 Å². The molecular weight excluding hydrogens is 286 g/mol. The predicted octanol–water partition coefficient (Wildman–Crippen LogP) is 0.356. The first kappa shape index (κ1) is 14.5. The highest BCUT2D eigenvalue weighted by molar-refractivity contribution is 5.90. The Kier molecular flexibility index (Phi) is 4.04. The largest absolute Gasteiger partial charge is 0.486 e. The quantitative estimate of drug-likeness (QED) is 0.841. The molecule has 1 aromatic rings. The minimum absolute atomic E-state index is 0.108. The van der Waals surface area contributed by atoms with Crippen molar-refractivity contribution in [1.29, 1.82) is 0 Å². The monoisotopic (exact) mass is 305 g/mol. The molecular formula is C15H19N3O4. The van der Waals surface area contributed by atoms with Crippen molar-refractivity contribution in [2.24, 2.45) is 0 Å².